The molecule has 0 unspecified atom stereocenters. The van der Waals surface area contributed by atoms with Crippen LogP contribution in [0.5, 0.6) is 5.88 Å². The van der Waals surface area contributed by atoms with Crippen LogP contribution in [0.4, 0.5) is 5.69 Å². The van der Waals surface area contributed by atoms with Crippen LogP contribution in [0.15, 0.2) is 36.5 Å². The molecule has 0 saturated carbocycles. The van der Waals surface area contributed by atoms with Gasteiger partial charge in [-0.05, 0) is 11.6 Å². The number of esters is 1. The largest absolute Gasteiger partial charge is 0.481 e. The third-order valence-corrected chi connectivity index (χ3v) is 3.27. The first-order valence-electron chi connectivity index (χ1n) is 7.09. The number of pyridine rings is 1. The van der Waals surface area contributed by atoms with E-state index in [0.717, 1.165) is 19.2 Å². The van der Waals surface area contributed by atoms with E-state index in [1.807, 2.05) is 0 Å². The molecule has 0 aliphatic carbocycles. The van der Waals surface area contributed by atoms with E-state index >= 15 is 0 Å². The molecule has 9 nitrogen and oxygen atoms in total. The van der Waals surface area contributed by atoms with Crippen LogP contribution in [-0.4, -0.2) is 36.0 Å². The molecule has 1 N–H and O–H groups in total. The van der Waals surface area contributed by atoms with Gasteiger partial charge in [-0.25, -0.2) is 9.78 Å². The molecular weight excluding hydrogens is 330 g/mol. The summed E-state index contributed by atoms with van der Waals surface area (Å²) in [5.41, 5.74) is 0.246. The minimum atomic E-state index is -0.767. The summed E-state index contributed by atoms with van der Waals surface area (Å²) in [5.74, 6) is -0.891. The molecule has 0 saturated heterocycles. The molecule has 2 rings (SSSR count). The summed E-state index contributed by atoms with van der Waals surface area (Å²) in [5, 5.41) is 13.6. The molecule has 1 aromatic carbocycles. The molecule has 0 atom stereocenters. The Morgan fingerprint density at radius 1 is 1.20 bits per heavy atom. The molecule has 9 heteroatoms. The molecule has 1 aromatic heterocycles. The zero-order chi connectivity index (χ0) is 18.4. The van der Waals surface area contributed by atoms with Crippen molar-refractivity contribution in [2.24, 2.45) is 0 Å². The van der Waals surface area contributed by atoms with Gasteiger partial charge >= 0.3 is 5.97 Å². The Hall–Kier alpha value is -3.49. The van der Waals surface area contributed by atoms with Crippen molar-refractivity contribution in [3.63, 3.8) is 0 Å². The first kappa shape index (κ1) is 17.9. The average molecular weight is 345 g/mol. The van der Waals surface area contributed by atoms with Crippen LogP contribution >= 0.6 is 0 Å². The van der Waals surface area contributed by atoms with Gasteiger partial charge in [0, 0.05) is 36.5 Å². The normalized spacial score (nSPS) is 10.0. The first-order chi connectivity index (χ1) is 11.9. The topological polar surface area (TPSA) is 121 Å². The maximum absolute atomic E-state index is 12.2. The lowest BCUT2D eigenvalue weighted by molar-refractivity contribution is -0.384. The van der Waals surface area contributed by atoms with E-state index in [4.69, 9.17) is 4.74 Å². The van der Waals surface area contributed by atoms with E-state index in [-0.39, 0.29) is 23.4 Å². The summed E-state index contributed by atoms with van der Waals surface area (Å²) in [6.07, 6.45) is 1.53. The molecule has 0 aliphatic heterocycles. The minimum absolute atomic E-state index is 0.0175. The highest BCUT2D eigenvalue weighted by atomic mass is 16.6. The summed E-state index contributed by atoms with van der Waals surface area (Å²) in [7, 11) is 2.64. The summed E-state index contributed by atoms with van der Waals surface area (Å²) >= 11 is 0. The monoisotopic (exact) mass is 345 g/mol. The third kappa shape index (κ3) is 4.50. The maximum atomic E-state index is 12.2. The van der Waals surface area contributed by atoms with Gasteiger partial charge in [0.15, 0.2) is 0 Å². The van der Waals surface area contributed by atoms with Crippen LogP contribution in [0.25, 0.3) is 0 Å². The fraction of sp³-hybridized carbons (Fsp3) is 0.188. The van der Waals surface area contributed by atoms with Gasteiger partial charge in [0.2, 0.25) is 5.88 Å². The summed E-state index contributed by atoms with van der Waals surface area (Å²) in [6.45, 7) is 0.159. The van der Waals surface area contributed by atoms with Crippen molar-refractivity contribution in [1.29, 1.82) is 0 Å². The second-order valence-electron chi connectivity index (χ2n) is 4.91. The van der Waals surface area contributed by atoms with E-state index in [9.17, 15) is 19.7 Å². The van der Waals surface area contributed by atoms with Crippen LogP contribution < -0.4 is 10.1 Å². The zero-order valence-electron chi connectivity index (χ0n) is 13.5. The average Bonchev–Trinajstić information content (AvgIpc) is 2.65. The van der Waals surface area contributed by atoms with Gasteiger partial charge in [-0.1, -0.05) is 6.07 Å². The number of non-ortho nitro benzene ring substituents is 1. The van der Waals surface area contributed by atoms with E-state index in [1.54, 1.807) is 12.1 Å². The Morgan fingerprint density at radius 2 is 1.92 bits per heavy atom. The van der Waals surface area contributed by atoms with Gasteiger partial charge in [-0.3, -0.25) is 14.9 Å². The highest BCUT2D eigenvalue weighted by molar-refractivity contribution is 5.98. The second kappa shape index (κ2) is 7.86. The zero-order valence-corrected chi connectivity index (χ0v) is 13.5. The first-order valence-corrected chi connectivity index (χ1v) is 7.09. The predicted octanol–water partition coefficient (Wildman–Crippen LogP) is 1.71. The Bertz CT molecular complexity index is 804. The lowest BCUT2D eigenvalue weighted by Crippen LogP contribution is -2.23. The van der Waals surface area contributed by atoms with Crippen LogP contribution in [0.2, 0.25) is 0 Å². The smallest absolute Gasteiger partial charge is 0.338 e. The third-order valence-electron chi connectivity index (χ3n) is 3.27. The van der Waals surface area contributed by atoms with Crippen molar-refractivity contribution in [1.82, 2.24) is 10.3 Å². The van der Waals surface area contributed by atoms with Gasteiger partial charge in [-0.15, -0.1) is 0 Å². The maximum Gasteiger partial charge on any atom is 0.338 e. The number of carbonyl (C=O) groups excluding carboxylic acids is 2. The van der Waals surface area contributed by atoms with Gasteiger partial charge in [-0.2, -0.15) is 0 Å². The number of rotatable bonds is 6. The van der Waals surface area contributed by atoms with Crippen molar-refractivity contribution >= 4 is 17.6 Å². The molecule has 2 aromatic rings. The van der Waals surface area contributed by atoms with Crippen molar-refractivity contribution < 1.29 is 24.0 Å². The Kier molecular flexibility index (Phi) is 5.62. The van der Waals surface area contributed by atoms with Crippen molar-refractivity contribution in [2.75, 3.05) is 14.2 Å². The standard InChI is InChI=1S/C16H15N3O6/c1-24-14-4-3-10(8-17-14)9-18-15(20)11-5-12(16(21)25-2)7-13(6-11)19(22)23/h3-8H,9H2,1-2H3,(H,18,20). The Morgan fingerprint density at radius 3 is 2.48 bits per heavy atom. The Labute approximate surface area is 142 Å². The number of nitro groups is 1. The van der Waals surface area contributed by atoms with Crippen LogP contribution in [0.1, 0.15) is 26.3 Å². The van der Waals surface area contributed by atoms with Gasteiger partial charge in [0.05, 0.1) is 24.7 Å². The highest BCUT2D eigenvalue weighted by Gasteiger charge is 2.18. The number of hydrogen-bond acceptors (Lipinski definition) is 7. The molecule has 0 fully saturated rings. The number of carbonyl (C=O) groups is 2. The molecule has 0 bridgehead atoms. The highest BCUT2D eigenvalue weighted by Crippen LogP contribution is 2.18. The molecule has 1 amide bonds. The van der Waals surface area contributed by atoms with E-state index in [1.165, 1.54) is 19.4 Å². The molecule has 130 valence electrons. The van der Waals surface area contributed by atoms with Gasteiger partial charge in [0.25, 0.3) is 11.6 Å². The fourth-order valence-corrected chi connectivity index (χ4v) is 2.00. The van der Waals surface area contributed by atoms with E-state index in [2.05, 4.69) is 15.0 Å². The minimum Gasteiger partial charge on any atom is -0.481 e. The summed E-state index contributed by atoms with van der Waals surface area (Å²) in [6, 6.07) is 6.74. The van der Waals surface area contributed by atoms with Crippen LogP contribution in [0.3, 0.4) is 0 Å². The quantitative estimate of drug-likeness (QED) is 0.480. The number of methoxy groups -OCH3 is 2. The number of nitrogens with zero attached hydrogens (tertiary/aromatic N) is 2. The van der Waals surface area contributed by atoms with E-state index < -0.39 is 16.8 Å². The SMILES string of the molecule is COC(=O)c1cc(C(=O)NCc2ccc(OC)nc2)cc([N+](=O)[O-])c1. The molecule has 0 spiro atoms. The summed E-state index contributed by atoms with van der Waals surface area (Å²) < 4.78 is 9.48. The lowest BCUT2D eigenvalue weighted by atomic mass is 10.1. The molecule has 0 aliphatic rings. The van der Waals surface area contributed by atoms with Gasteiger partial charge < -0.3 is 14.8 Å². The molecule has 1 heterocycles. The lowest BCUT2D eigenvalue weighted by Gasteiger charge is -2.07. The molecular formula is C16H15N3O6. The second-order valence-corrected chi connectivity index (χ2v) is 4.91. The number of benzene rings is 1. The predicted molar refractivity (Wildman–Crippen MR) is 86.4 cm³/mol. The number of hydrogen-bond donors (Lipinski definition) is 1. The number of nitrogens with one attached hydrogen (secondary N) is 1. The number of nitro benzene ring substituents is 1. The Balaban J connectivity index is 2.17. The molecule has 0 radical (unpaired) electrons. The van der Waals surface area contributed by atoms with Gasteiger partial charge in [0.1, 0.15) is 0 Å². The number of ether oxygens (including phenoxy) is 2. The number of amides is 1. The van der Waals surface area contributed by atoms with Crippen LogP contribution in [0, 0.1) is 10.1 Å². The van der Waals surface area contributed by atoms with E-state index in [0.29, 0.717) is 11.4 Å². The van der Waals surface area contributed by atoms with Crippen molar-refractivity contribution in [3.8, 4) is 5.88 Å². The molecule has 25 heavy (non-hydrogen) atoms. The summed E-state index contributed by atoms with van der Waals surface area (Å²) in [4.78, 5) is 38.2. The fourth-order valence-electron chi connectivity index (χ4n) is 2.00. The van der Waals surface area contributed by atoms with Crippen LogP contribution in [-0.2, 0) is 11.3 Å². The van der Waals surface area contributed by atoms with Crippen molar-refractivity contribution in [2.45, 2.75) is 6.54 Å². The number of aromatic nitrogens is 1. The van der Waals surface area contributed by atoms with Crippen molar-refractivity contribution in [3.05, 3.63) is 63.3 Å².